The van der Waals surface area contributed by atoms with Gasteiger partial charge in [-0.05, 0) is 18.6 Å². The second kappa shape index (κ2) is 6.95. The Kier molecular flexibility index (Phi) is 6.68. The Hall–Kier alpha value is -0.510. The lowest BCUT2D eigenvalue weighted by Crippen LogP contribution is -2.14. The first-order chi connectivity index (χ1) is 6.06. The fraction of sp³-hybridized carbons (Fsp3) is 0.778. The molecule has 0 aromatic rings. The standard InChI is InChI=1S/C9H16O3S/c1-7(2)4-5-8(10)12-9(11)6-13-3/h7H,4-6H2,1-3H3. The molecule has 0 N–H and O–H groups in total. The predicted octanol–water partition coefficient (Wildman–Crippen LogP) is 1.86. The minimum atomic E-state index is -0.443. The molecule has 76 valence electrons. The molecule has 13 heavy (non-hydrogen) atoms. The van der Waals surface area contributed by atoms with E-state index in [1.54, 1.807) is 6.26 Å². The normalized spacial score (nSPS) is 10.2. The number of rotatable bonds is 5. The molecule has 0 aromatic carbocycles. The van der Waals surface area contributed by atoms with E-state index in [1.165, 1.54) is 11.8 Å². The molecule has 0 saturated heterocycles. The number of carbonyl (C=O) groups is 2. The van der Waals surface area contributed by atoms with Crippen molar-refractivity contribution in [3.05, 3.63) is 0 Å². The molecule has 0 bridgehead atoms. The molecular weight excluding hydrogens is 188 g/mol. The van der Waals surface area contributed by atoms with E-state index >= 15 is 0 Å². The molecule has 0 aliphatic carbocycles. The Morgan fingerprint density at radius 1 is 1.31 bits per heavy atom. The Labute approximate surface area is 83.2 Å². The number of hydrogen-bond donors (Lipinski definition) is 0. The van der Waals surface area contributed by atoms with Crippen molar-refractivity contribution in [1.29, 1.82) is 0 Å². The van der Waals surface area contributed by atoms with Crippen LogP contribution in [0.3, 0.4) is 0 Å². The zero-order valence-electron chi connectivity index (χ0n) is 8.33. The highest BCUT2D eigenvalue weighted by molar-refractivity contribution is 7.99. The molecule has 0 aromatic heterocycles. The first-order valence-electron chi connectivity index (χ1n) is 4.28. The monoisotopic (exact) mass is 204 g/mol. The minimum absolute atomic E-state index is 0.243. The molecule has 0 unspecified atom stereocenters. The highest BCUT2D eigenvalue weighted by atomic mass is 32.2. The van der Waals surface area contributed by atoms with Gasteiger partial charge >= 0.3 is 11.9 Å². The van der Waals surface area contributed by atoms with Gasteiger partial charge in [0.1, 0.15) is 0 Å². The van der Waals surface area contributed by atoms with E-state index in [2.05, 4.69) is 4.74 Å². The maximum absolute atomic E-state index is 11.0. The van der Waals surface area contributed by atoms with Crippen molar-refractivity contribution in [2.45, 2.75) is 26.7 Å². The molecule has 0 aliphatic heterocycles. The van der Waals surface area contributed by atoms with Gasteiger partial charge in [0, 0.05) is 6.42 Å². The fourth-order valence-electron chi connectivity index (χ4n) is 0.732. The van der Waals surface area contributed by atoms with E-state index in [1.807, 2.05) is 13.8 Å². The largest absolute Gasteiger partial charge is 0.393 e. The third kappa shape index (κ3) is 7.84. The summed E-state index contributed by atoms with van der Waals surface area (Å²) in [6.07, 6.45) is 2.89. The van der Waals surface area contributed by atoms with Gasteiger partial charge in [0.2, 0.25) is 0 Å². The Balaban J connectivity index is 3.56. The Bertz CT molecular complexity index is 178. The van der Waals surface area contributed by atoms with Crippen LogP contribution in [0.15, 0.2) is 0 Å². The molecule has 0 rings (SSSR count). The van der Waals surface area contributed by atoms with Crippen LogP contribution in [0, 0.1) is 5.92 Å². The van der Waals surface area contributed by atoms with Gasteiger partial charge < -0.3 is 4.74 Å². The Morgan fingerprint density at radius 3 is 2.38 bits per heavy atom. The second-order valence-corrected chi connectivity index (χ2v) is 4.08. The molecular formula is C9H16O3S. The van der Waals surface area contributed by atoms with Gasteiger partial charge in [0.25, 0.3) is 0 Å². The lowest BCUT2D eigenvalue weighted by Gasteiger charge is -2.03. The van der Waals surface area contributed by atoms with Crippen LogP contribution in [-0.2, 0) is 14.3 Å². The number of hydrogen-bond acceptors (Lipinski definition) is 4. The number of esters is 2. The van der Waals surface area contributed by atoms with Crippen LogP contribution in [0.4, 0.5) is 0 Å². The number of thioether (sulfide) groups is 1. The van der Waals surface area contributed by atoms with Gasteiger partial charge in [0.05, 0.1) is 5.75 Å². The van der Waals surface area contributed by atoms with Crippen LogP contribution >= 0.6 is 11.8 Å². The van der Waals surface area contributed by atoms with Crippen LogP contribution in [0.25, 0.3) is 0 Å². The van der Waals surface area contributed by atoms with E-state index in [9.17, 15) is 9.59 Å². The summed E-state index contributed by atoms with van der Waals surface area (Å²) in [4.78, 5) is 21.8. The van der Waals surface area contributed by atoms with E-state index in [0.29, 0.717) is 12.3 Å². The van der Waals surface area contributed by atoms with Crippen LogP contribution < -0.4 is 0 Å². The smallest absolute Gasteiger partial charge is 0.323 e. The predicted molar refractivity (Wildman–Crippen MR) is 53.6 cm³/mol. The maximum atomic E-state index is 11.0. The molecule has 3 nitrogen and oxygen atoms in total. The third-order valence-electron chi connectivity index (χ3n) is 1.42. The highest BCUT2D eigenvalue weighted by Gasteiger charge is 2.09. The van der Waals surface area contributed by atoms with Crippen LogP contribution in [0.1, 0.15) is 26.7 Å². The first-order valence-corrected chi connectivity index (χ1v) is 5.68. The van der Waals surface area contributed by atoms with Crippen LogP contribution in [0.2, 0.25) is 0 Å². The number of carbonyl (C=O) groups excluding carboxylic acids is 2. The zero-order chi connectivity index (χ0) is 10.3. The molecule has 0 radical (unpaired) electrons. The lowest BCUT2D eigenvalue weighted by molar-refractivity contribution is -0.157. The molecule has 0 amide bonds. The van der Waals surface area contributed by atoms with Gasteiger partial charge in [-0.15, -0.1) is 0 Å². The van der Waals surface area contributed by atoms with Crippen molar-refractivity contribution in [2.75, 3.05) is 12.0 Å². The molecule has 0 saturated carbocycles. The van der Waals surface area contributed by atoms with Crippen molar-refractivity contribution < 1.29 is 14.3 Å². The summed E-state index contributed by atoms with van der Waals surface area (Å²) < 4.78 is 4.54. The van der Waals surface area contributed by atoms with E-state index in [4.69, 9.17) is 0 Å². The topological polar surface area (TPSA) is 43.4 Å². The lowest BCUT2D eigenvalue weighted by atomic mass is 10.1. The van der Waals surface area contributed by atoms with Crippen molar-refractivity contribution in [2.24, 2.45) is 5.92 Å². The highest BCUT2D eigenvalue weighted by Crippen LogP contribution is 2.05. The summed E-state index contributed by atoms with van der Waals surface area (Å²) in [5.41, 5.74) is 0. The van der Waals surface area contributed by atoms with Gasteiger partial charge in [-0.25, -0.2) is 0 Å². The second-order valence-electron chi connectivity index (χ2n) is 3.21. The Morgan fingerprint density at radius 2 is 1.92 bits per heavy atom. The van der Waals surface area contributed by atoms with Gasteiger partial charge in [-0.3, -0.25) is 9.59 Å². The average Bonchev–Trinajstić information content (AvgIpc) is 2.01. The molecule has 4 heteroatoms. The zero-order valence-corrected chi connectivity index (χ0v) is 9.15. The van der Waals surface area contributed by atoms with Gasteiger partial charge in [0.15, 0.2) is 0 Å². The van der Waals surface area contributed by atoms with E-state index in [-0.39, 0.29) is 5.75 Å². The average molecular weight is 204 g/mol. The summed E-state index contributed by atoms with van der Waals surface area (Å²) in [7, 11) is 0. The summed E-state index contributed by atoms with van der Waals surface area (Å²) in [6, 6.07) is 0. The first kappa shape index (κ1) is 12.5. The van der Waals surface area contributed by atoms with Crippen molar-refractivity contribution in [1.82, 2.24) is 0 Å². The minimum Gasteiger partial charge on any atom is -0.393 e. The van der Waals surface area contributed by atoms with E-state index < -0.39 is 11.9 Å². The van der Waals surface area contributed by atoms with Gasteiger partial charge in [-0.2, -0.15) is 11.8 Å². The van der Waals surface area contributed by atoms with Crippen molar-refractivity contribution in [3.63, 3.8) is 0 Å². The van der Waals surface area contributed by atoms with Crippen molar-refractivity contribution in [3.8, 4) is 0 Å². The third-order valence-corrected chi connectivity index (χ3v) is 1.94. The molecule has 0 aliphatic rings. The van der Waals surface area contributed by atoms with Crippen LogP contribution in [-0.4, -0.2) is 23.9 Å². The molecule has 0 fully saturated rings. The van der Waals surface area contributed by atoms with E-state index in [0.717, 1.165) is 6.42 Å². The van der Waals surface area contributed by atoms with Gasteiger partial charge in [-0.1, -0.05) is 13.8 Å². The van der Waals surface area contributed by atoms with Crippen LogP contribution in [0.5, 0.6) is 0 Å². The summed E-state index contributed by atoms with van der Waals surface area (Å²) >= 11 is 1.35. The summed E-state index contributed by atoms with van der Waals surface area (Å²) in [5, 5.41) is 0. The quantitative estimate of drug-likeness (QED) is 0.506. The number of ether oxygens (including phenoxy) is 1. The van der Waals surface area contributed by atoms with Crippen molar-refractivity contribution >= 4 is 23.7 Å². The maximum Gasteiger partial charge on any atom is 0.323 e. The molecule has 0 atom stereocenters. The SMILES string of the molecule is CSCC(=O)OC(=O)CCC(C)C. The fourth-order valence-corrected chi connectivity index (χ4v) is 1.03. The summed E-state index contributed by atoms with van der Waals surface area (Å²) in [6.45, 7) is 4.05. The molecule has 0 spiro atoms. The summed E-state index contributed by atoms with van der Waals surface area (Å²) in [5.74, 6) is -0.148. The molecule has 0 heterocycles.